The molecule has 4 aromatic heterocycles. The van der Waals surface area contributed by atoms with Crippen molar-refractivity contribution in [2.75, 3.05) is 0 Å². The first kappa shape index (κ1) is 27.1. The minimum absolute atomic E-state index is 0.645. The first-order valence-corrected chi connectivity index (χ1v) is 16.8. The normalized spacial score (nSPS) is 12.0. The zero-order chi connectivity index (χ0) is 32.8. The van der Waals surface area contributed by atoms with E-state index >= 15 is 0 Å². The van der Waals surface area contributed by atoms with Crippen molar-refractivity contribution in [3.63, 3.8) is 0 Å². The largest absolute Gasteiger partial charge is 0.456 e. The molecule has 5 nitrogen and oxygen atoms in total. The fraction of sp³-hybridized carbons (Fsp3) is 0. The molecule has 0 fully saturated rings. The summed E-state index contributed by atoms with van der Waals surface area (Å²) in [5, 5.41) is 8.88. The van der Waals surface area contributed by atoms with Crippen LogP contribution in [0.1, 0.15) is 0 Å². The molecule has 0 aliphatic heterocycles. The van der Waals surface area contributed by atoms with E-state index in [2.05, 4.69) is 126 Å². The highest BCUT2D eigenvalue weighted by Gasteiger charge is 2.20. The third-order valence-corrected chi connectivity index (χ3v) is 9.99. The molecule has 0 N–H and O–H groups in total. The summed E-state index contributed by atoms with van der Waals surface area (Å²) in [4.78, 5) is 15.7. The molecule has 0 atom stereocenters. The second-order valence-electron chi connectivity index (χ2n) is 12.8. The van der Waals surface area contributed by atoms with Gasteiger partial charge in [-0.3, -0.25) is 4.57 Å². The number of nitrogens with zero attached hydrogens (tertiary/aromatic N) is 4. The van der Waals surface area contributed by atoms with Crippen LogP contribution in [0, 0.1) is 0 Å². The van der Waals surface area contributed by atoms with E-state index in [1.165, 1.54) is 0 Å². The van der Waals surface area contributed by atoms with Crippen molar-refractivity contribution >= 4 is 76.3 Å². The number of furan rings is 1. The topological polar surface area (TPSA) is 56.7 Å². The molecule has 0 radical (unpaired) electrons. The van der Waals surface area contributed by atoms with Crippen molar-refractivity contribution in [1.82, 2.24) is 19.5 Å². The van der Waals surface area contributed by atoms with Crippen LogP contribution in [0.15, 0.2) is 162 Å². The highest BCUT2D eigenvalue weighted by Crippen LogP contribution is 2.42. The quantitative estimate of drug-likeness (QED) is 0.181. The summed E-state index contributed by atoms with van der Waals surface area (Å²) >= 11 is 0. The van der Waals surface area contributed by atoms with Crippen molar-refractivity contribution < 1.29 is 4.42 Å². The Morgan fingerprint density at radius 1 is 0.380 bits per heavy atom. The van der Waals surface area contributed by atoms with Crippen molar-refractivity contribution in [3.8, 4) is 28.5 Å². The van der Waals surface area contributed by atoms with Crippen molar-refractivity contribution in [2.24, 2.45) is 0 Å². The molecule has 5 heteroatoms. The summed E-state index contributed by atoms with van der Waals surface area (Å²) < 4.78 is 8.46. The van der Waals surface area contributed by atoms with E-state index in [9.17, 15) is 0 Å². The molecular formula is C45H26N4O. The minimum Gasteiger partial charge on any atom is -0.456 e. The maximum Gasteiger partial charge on any atom is 0.235 e. The number of para-hydroxylation sites is 3. The van der Waals surface area contributed by atoms with E-state index in [0.717, 1.165) is 98.8 Å². The molecule has 11 aromatic rings. The first-order chi connectivity index (χ1) is 24.8. The third kappa shape index (κ3) is 3.86. The number of hydrogen-bond donors (Lipinski definition) is 0. The van der Waals surface area contributed by atoms with E-state index in [1.54, 1.807) is 0 Å². The summed E-state index contributed by atoms with van der Waals surface area (Å²) in [6.45, 7) is 0. The Morgan fingerprint density at radius 2 is 1.06 bits per heavy atom. The molecule has 232 valence electrons. The molecule has 0 amide bonds. The Balaban J connectivity index is 1.17. The molecule has 0 aliphatic carbocycles. The van der Waals surface area contributed by atoms with Gasteiger partial charge < -0.3 is 4.42 Å². The Morgan fingerprint density at radius 3 is 1.94 bits per heavy atom. The molecule has 4 heterocycles. The van der Waals surface area contributed by atoms with Crippen LogP contribution in [0.2, 0.25) is 0 Å². The molecule has 50 heavy (non-hydrogen) atoms. The maximum atomic E-state index is 6.27. The van der Waals surface area contributed by atoms with E-state index in [1.807, 2.05) is 36.4 Å². The number of hydrogen-bond acceptors (Lipinski definition) is 4. The molecule has 0 unspecified atom stereocenters. The van der Waals surface area contributed by atoms with Crippen molar-refractivity contribution in [1.29, 1.82) is 0 Å². The van der Waals surface area contributed by atoms with Gasteiger partial charge in [0, 0.05) is 48.8 Å². The molecule has 11 rings (SSSR count). The van der Waals surface area contributed by atoms with Gasteiger partial charge in [-0.15, -0.1) is 0 Å². The summed E-state index contributed by atoms with van der Waals surface area (Å²) in [5.74, 6) is 0.645. The highest BCUT2D eigenvalue weighted by atomic mass is 16.3. The average Bonchev–Trinajstić information content (AvgIpc) is 3.73. The standard InChI is InChI=1S/C45H26N4O/c1-2-12-27(13-3-1)43-32-17-6-9-19-35(32)47-45(48-43)49-37-20-10-7-14-29(37)34-26-28(22-24-38(34)49)44-31-16-5-4-15-30(31)41-36(46-44)23-25-40-42(41)33-18-8-11-21-39(33)50-40/h1-26H. The summed E-state index contributed by atoms with van der Waals surface area (Å²) in [6.07, 6.45) is 0. The van der Waals surface area contributed by atoms with Crippen LogP contribution < -0.4 is 0 Å². The van der Waals surface area contributed by atoms with E-state index in [4.69, 9.17) is 19.4 Å². The van der Waals surface area contributed by atoms with Crippen LogP contribution in [0.3, 0.4) is 0 Å². The van der Waals surface area contributed by atoms with Gasteiger partial charge in [0.1, 0.15) is 11.2 Å². The Hall–Kier alpha value is -6.85. The lowest BCUT2D eigenvalue weighted by Gasteiger charge is -2.12. The van der Waals surface area contributed by atoms with Gasteiger partial charge in [-0.1, -0.05) is 115 Å². The van der Waals surface area contributed by atoms with E-state index in [0.29, 0.717) is 5.95 Å². The average molecular weight is 639 g/mol. The zero-order valence-corrected chi connectivity index (χ0v) is 26.7. The first-order valence-electron chi connectivity index (χ1n) is 16.8. The van der Waals surface area contributed by atoms with Gasteiger partial charge in [-0.05, 0) is 47.9 Å². The molecular weight excluding hydrogens is 613 g/mol. The lowest BCUT2D eigenvalue weighted by atomic mass is 9.96. The van der Waals surface area contributed by atoms with Gasteiger partial charge in [0.15, 0.2) is 0 Å². The summed E-state index contributed by atoms with van der Waals surface area (Å²) in [6, 6.07) is 54.7. The van der Waals surface area contributed by atoms with Crippen LogP contribution in [-0.4, -0.2) is 19.5 Å². The van der Waals surface area contributed by atoms with Crippen LogP contribution in [-0.2, 0) is 0 Å². The lowest BCUT2D eigenvalue weighted by Crippen LogP contribution is -2.03. The monoisotopic (exact) mass is 638 g/mol. The number of aromatic nitrogens is 4. The summed E-state index contributed by atoms with van der Waals surface area (Å²) in [5.41, 5.74) is 9.69. The SMILES string of the molecule is c1ccc(-c2nc(-n3c4ccccc4c4cc(-c5nc6ccc7oc8ccccc8c7c6c6ccccc56)ccc43)nc3ccccc23)cc1. The minimum atomic E-state index is 0.645. The number of benzene rings is 7. The summed E-state index contributed by atoms with van der Waals surface area (Å²) in [7, 11) is 0. The van der Waals surface area contributed by atoms with Crippen molar-refractivity contribution in [2.45, 2.75) is 0 Å². The molecule has 7 aromatic carbocycles. The van der Waals surface area contributed by atoms with Gasteiger partial charge in [-0.2, -0.15) is 0 Å². The Kier molecular flexibility index (Phi) is 5.60. The molecule has 0 saturated heterocycles. The third-order valence-electron chi connectivity index (χ3n) is 9.99. The van der Waals surface area contributed by atoms with Crippen LogP contribution in [0.4, 0.5) is 0 Å². The molecule has 0 saturated carbocycles. The van der Waals surface area contributed by atoms with E-state index < -0.39 is 0 Å². The zero-order valence-electron chi connectivity index (χ0n) is 26.7. The lowest BCUT2D eigenvalue weighted by molar-refractivity contribution is 0.669. The number of pyridine rings is 1. The fourth-order valence-corrected chi connectivity index (χ4v) is 7.80. The molecule has 0 aliphatic rings. The Bertz CT molecular complexity index is 3160. The van der Waals surface area contributed by atoms with E-state index in [-0.39, 0.29) is 0 Å². The van der Waals surface area contributed by atoms with Gasteiger partial charge in [0.2, 0.25) is 5.95 Å². The predicted octanol–water partition coefficient (Wildman–Crippen LogP) is 11.7. The van der Waals surface area contributed by atoms with Gasteiger partial charge in [0.25, 0.3) is 0 Å². The van der Waals surface area contributed by atoms with Gasteiger partial charge >= 0.3 is 0 Å². The number of rotatable bonds is 3. The second-order valence-corrected chi connectivity index (χ2v) is 12.8. The maximum absolute atomic E-state index is 6.27. The Labute approximate surface area is 285 Å². The van der Waals surface area contributed by atoms with Crippen LogP contribution in [0.25, 0.3) is 105 Å². The van der Waals surface area contributed by atoms with Gasteiger partial charge in [0.05, 0.1) is 33.5 Å². The fourth-order valence-electron chi connectivity index (χ4n) is 7.80. The molecule has 0 spiro atoms. The van der Waals surface area contributed by atoms with Crippen LogP contribution >= 0.6 is 0 Å². The smallest absolute Gasteiger partial charge is 0.235 e. The number of fused-ring (bicyclic) bond motifs is 11. The molecule has 0 bridgehead atoms. The van der Waals surface area contributed by atoms with Crippen LogP contribution in [0.5, 0.6) is 0 Å². The predicted molar refractivity (Wildman–Crippen MR) is 205 cm³/mol. The highest BCUT2D eigenvalue weighted by molar-refractivity contribution is 6.27. The van der Waals surface area contributed by atoms with Crippen molar-refractivity contribution in [3.05, 3.63) is 158 Å². The van der Waals surface area contributed by atoms with Gasteiger partial charge in [-0.25, -0.2) is 15.0 Å². The second kappa shape index (κ2) is 10.3.